The number of halogens is 1. The third-order valence-corrected chi connectivity index (χ3v) is 4.18. The minimum absolute atomic E-state index is 0.810. The van der Waals surface area contributed by atoms with Gasteiger partial charge in [0, 0.05) is 28.6 Å². The second kappa shape index (κ2) is 5.57. The average Bonchev–Trinajstić information content (AvgIpc) is 2.68. The van der Waals surface area contributed by atoms with E-state index in [0.717, 1.165) is 18.8 Å². The van der Waals surface area contributed by atoms with Crippen LogP contribution in [-0.4, -0.2) is 4.98 Å². The quantitative estimate of drug-likeness (QED) is 0.934. The van der Waals surface area contributed by atoms with Crippen molar-refractivity contribution >= 4 is 27.3 Å². The Kier molecular flexibility index (Phi) is 4.09. The number of aromatic nitrogens is 1. The molecule has 0 spiro atoms. The lowest BCUT2D eigenvalue weighted by molar-refractivity contribution is 0.685. The lowest BCUT2D eigenvalue weighted by atomic mass is 10.3. The van der Waals surface area contributed by atoms with Gasteiger partial charge in [0.2, 0.25) is 0 Å². The molecule has 0 saturated carbocycles. The first-order valence-electron chi connectivity index (χ1n) is 5.10. The maximum absolute atomic E-state index is 4.35. The molecule has 0 saturated heterocycles. The van der Waals surface area contributed by atoms with Crippen molar-refractivity contribution in [3.63, 3.8) is 0 Å². The van der Waals surface area contributed by atoms with Crippen LogP contribution in [0.15, 0.2) is 34.2 Å². The van der Waals surface area contributed by atoms with E-state index in [9.17, 15) is 0 Å². The molecule has 0 aliphatic rings. The van der Waals surface area contributed by atoms with Crippen LogP contribution in [0.5, 0.6) is 0 Å². The van der Waals surface area contributed by atoms with Gasteiger partial charge in [-0.2, -0.15) is 0 Å². The highest BCUT2D eigenvalue weighted by molar-refractivity contribution is 9.10. The van der Waals surface area contributed by atoms with E-state index in [1.54, 1.807) is 11.3 Å². The molecule has 4 heteroatoms. The molecular weight excluding hydrogens is 284 g/mol. The Bertz CT molecular complexity index is 450. The first kappa shape index (κ1) is 11.8. The van der Waals surface area contributed by atoms with Crippen LogP contribution in [0.2, 0.25) is 0 Å². The zero-order chi connectivity index (χ0) is 11.4. The Morgan fingerprint density at radius 1 is 1.31 bits per heavy atom. The van der Waals surface area contributed by atoms with Crippen molar-refractivity contribution in [3.05, 3.63) is 50.4 Å². The van der Waals surface area contributed by atoms with Crippen molar-refractivity contribution in [2.75, 3.05) is 0 Å². The summed E-state index contributed by atoms with van der Waals surface area (Å²) < 4.78 is 1.18. The fourth-order valence-corrected chi connectivity index (χ4v) is 2.82. The summed E-state index contributed by atoms with van der Waals surface area (Å²) in [5, 5.41) is 5.47. The van der Waals surface area contributed by atoms with E-state index in [0.29, 0.717) is 0 Å². The predicted octanol–water partition coefficient (Wildman–Crippen LogP) is 3.50. The molecule has 2 aromatic heterocycles. The Morgan fingerprint density at radius 2 is 2.19 bits per heavy atom. The highest BCUT2D eigenvalue weighted by Gasteiger charge is 2.00. The largest absolute Gasteiger partial charge is 0.306 e. The van der Waals surface area contributed by atoms with Gasteiger partial charge in [-0.05, 0) is 45.9 Å². The summed E-state index contributed by atoms with van der Waals surface area (Å²) in [5.41, 5.74) is 2.28. The molecular formula is C12H13BrN2S. The van der Waals surface area contributed by atoms with E-state index in [1.165, 1.54) is 14.9 Å². The summed E-state index contributed by atoms with van der Waals surface area (Å²) in [7, 11) is 0. The Balaban J connectivity index is 1.84. The molecule has 0 atom stereocenters. The first-order valence-corrected chi connectivity index (χ1v) is 6.77. The van der Waals surface area contributed by atoms with Gasteiger partial charge in [0.1, 0.15) is 0 Å². The minimum atomic E-state index is 0.810. The number of rotatable bonds is 4. The summed E-state index contributed by atoms with van der Waals surface area (Å²) in [4.78, 5) is 5.67. The number of aryl methyl sites for hydroxylation is 1. The van der Waals surface area contributed by atoms with Crippen molar-refractivity contribution in [3.8, 4) is 0 Å². The van der Waals surface area contributed by atoms with Crippen LogP contribution < -0.4 is 5.32 Å². The fourth-order valence-electron chi connectivity index (χ4n) is 1.36. The first-order chi connectivity index (χ1) is 7.75. The second-order valence-corrected chi connectivity index (χ2v) is 5.48. The van der Waals surface area contributed by atoms with Gasteiger partial charge < -0.3 is 5.32 Å². The Labute approximate surface area is 108 Å². The molecule has 84 valence electrons. The Morgan fingerprint density at radius 3 is 2.81 bits per heavy atom. The van der Waals surface area contributed by atoms with Crippen LogP contribution in [0.25, 0.3) is 0 Å². The molecule has 2 heterocycles. The molecule has 2 rings (SSSR count). The molecule has 16 heavy (non-hydrogen) atoms. The van der Waals surface area contributed by atoms with E-state index in [2.05, 4.69) is 49.8 Å². The molecule has 0 unspecified atom stereocenters. The summed E-state index contributed by atoms with van der Waals surface area (Å²) in [6.07, 6.45) is 1.90. The fraction of sp³-hybridized carbons (Fsp3) is 0.250. The van der Waals surface area contributed by atoms with Gasteiger partial charge in [0.05, 0.1) is 5.69 Å². The third-order valence-electron chi connectivity index (χ3n) is 2.26. The van der Waals surface area contributed by atoms with Crippen LogP contribution in [-0.2, 0) is 13.1 Å². The van der Waals surface area contributed by atoms with Crippen LogP contribution >= 0.6 is 27.3 Å². The molecule has 0 radical (unpaired) electrons. The van der Waals surface area contributed by atoms with Crippen LogP contribution in [0.1, 0.15) is 16.1 Å². The van der Waals surface area contributed by atoms with E-state index in [4.69, 9.17) is 0 Å². The van der Waals surface area contributed by atoms with Crippen molar-refractivity contribution < 1.29 is 0 Å². The van der Waals surface area contributed by atoms with Crippen molar-refractivity contribution in [1.29, 1.82) is 0 Å². The molecule has 0 aromatic carbocycles. The van der Waals surface area contributed by atoms with Crippen LogP contribution in [0.4, 0.5) is 0 Å². The molecule has 0 aliphatic heterocycles. The highest BCUT2D eigenvalue weighted by atomic mass is 79.9. The van der Waals surface area contributed by atoms with E-state index in [1.807, 2.05) is 13.1 Å². The molecule has 0 fully saturated rings. The number of hydrogen-bond donors (Lipinski definition) is 1. The van der Waals surface area contributed by atoms with Gasteiger partial charge in [-0.15, -0.1) is 11.3 Å². The lowest BCUT2D eigenvalue weighted by Gasteiger charge is -2.03. The summed E-state index contributed by atoms with van der Waals surface area (Å²) >= 11 is 5.27. The highest BCUT2D eigenvalue weighted by Crippen LogP contribution is 2.22. The maximum Gasteiger partial charge on any atom is 0.0541 e. The Hall–Kier alpha value is -0.710. The van der Waals surface area contributed by atoms with E-state index < -0.39 is 0 Å². The number of thiophene rings is 1. The number of nitrogens with zero attached hydrogens (tertiary/aromatic N) is 1. The standard InChI is InChI=1S/C12H13BrN2S/c1-9-2-3-10(15-6-9)7-14-8-12-11(13)4-5-16-12/h2-6,14H,7-8H2,1H3. The molecule has 1 N–H and O–H groups in total. The lowest BCUT2D eigenvalue weighted by Crippen LogP contribution is -2.13. The van der Waals surface area contributed by atoms with E-state index >= 15 is 0 Å². The summed E-state index contributed by atoms with van der Waals surface area (Å²) in [5.74, 6) is 0. The predicted molar refractivity (Wildman–Crippen MR) is 71.5 cm³/mol. The number of hydrogen-bond acceptors (Lipinski definition) is 3. The van der Waals surface area contributed by atoms with Gasteiger partial charge >= 0.3 is 0 Å². The van der Waals surface area contributed by atoms with Gasteiger partial charge in [-0.1, -0.05) is 6.07 Å². The van der Waals surface area contributed by atoms with Gasteiger partial charge in [0.25, 0.3) is 0 Å². The molecule has 0 amide bonds. The van der Waals surface area contributed by atoms with Crippen molar-refractivity contribution in [2.24, 2.45) is 0 Å². The molecule has 2 aromatic rings. The normalized spacial score (nSPS) is 10.6. The smallest absolute Gasteiger partial charge is 0.0541 e. The van der Waals surface area contributed by atoms with Gasteiger partial charge in [0.15, 0.2) is 0 Å². The van der Waals surface area contributed by atoms with Crippen molar-refractivity contribution in [2.45, 2.75) is 20.0 Å². The van der Waals surface area contributed by atoms with Gasteiger partial charge in [-0.3, -0.25) is 4.98 Å². The van der Waals surface area contributed by atoms with Crippen LogP contribution in [0.3, 0.4) is 0 Å². The molecule has 2 nitrogen and oxygen atoms in total. The third kappa shape index (κ3) is 3.14. The summed E-state index contributed by atoms with van der Waals surface area (Å²) in [6.45, 7) is 3.74. The number of nitrogens with one attached hydrogen (secondary N) is 1. The average molecular weight is 297 g/mol. The van der Waals surface area contributed by atoms with Gasteiger partial charge in [-0.25, -0.2) is 0 Å². The minimum Gasteiger partial charge on any atom is -0.306 e. The monoisotopic (exact) mass is 296 g/mol. The number of pyridine rings is 1. The second-order valence-electron chi connectivity index (χ2n) is 3.62. The molecule has 0 bridgehead atoms. The molecule has 0 aliphatic carbocycles. The zero-order valence-electron chi connectivity index (χ0n) is 9.03. The van der Waals surface area contributed by atoms with Crippen molar-refractivity contribution in [1.82, 2.24) is 10.3 Å². The maximum atomic E-state index is 4.35. The van der Waals surface area contributed by atoms with Crippen LogP contribution in [0, 0.1) is 6.92 Å². The SMILES string of the molecule is Cc1ccc(CNCc2sccc2Br)nc1. The summed E-state index contributed by atoms with van der Waals surface area (Å²) in [6, 6.07) is 6.22. The topological polar surface area (TPSA) is 24.9 Å². The van der Waals surface area contributed by atoms with E-state index in [-0.39, 0.29) is 0 Å². The zero-order valence-corrected chi connectivity index (χ0v) is 11.4.